The zero-order chi connectivity index (χ0) is 18.7. The van der Waals surface area contributed by atoms with Crippen molar-refractivity contribution in [1.82, 2.24) is 15.1 Å². The van der Waals surface area contributed by atoms with Gasteiger partial charge in [-0.2, -0.15) is 18.3 Å². The minimum atomic E-state index is -4.31. The largest absolute Gasteiger partial charge is 0.446 e. The minimum absolute atomic E-state index is 0.107. The number of amides is 1. The molecule has 1 N–H and O–H groups in total. The second kappa shape index (κ2) is 7.45. The number of carbonyl (C=O) groups is 1. The number of hydrogen-bond donors (Lipinski definition) is 1. The van der Waals surface area contributed by atoms with Crippen LogP contribution in [0.25, 0.3) is 0 Å². The van der Waals surface area contributed by atoms with Crippen LogP contribution < -0.4 is 10.2 Å². The molecule has 0 unspecified atom stereocenters. The molecule has 0 saturated carbocycles. The molecule has 5 nitrogen and oxygen atoms in total. The molecule has 1 aromatic heterocycles. The predicted octanol–water partition coefficient (Wildman–Crippen LogP) is 3.57. The van der Waals surface area contributed by atoms with Crippen LogP contribution in [0.5, 0.6) is 0 Å². The summed E-state index contributed by atoms with van der Waals surface area (Å²) in [5.41, 5.74) is -3.53. The molecule has 1 aliphatic rings. The van der Waals surface area contributed by atoms with Crippen LogP contribution in [-0.4, -0.2) is 34.3 Å². The van der Waals surface area contributed by atoms with E-state index in [9.17, 15) is 18.0 Å². The summed E-state index contributed by atoms with van der Waals surface area (Å²) in [6.07, 6.45) is 2.90. The van der Waals surface area contributed by atoms with Gasteiger partial charge >= 0.3 is 5.51 Å². The molecule has 0 bridgehead atoms. The van der Waals surface area contributed by atoms with E-state index in [0.29, 0.717) is 19.6 Å². The SMILES string of the molecule is C=CC(=O)NC[C@@H]1CN(c2ccc(SC(F)(F)F)cc2)c2ccnn2C1. The number of thioether (sulfide) groups is 1. The second-order valence-corrected chi connectivity index (χ2v) is 6.98. The van der Waals surface area contributed by atoms with Crippen LogP contribution in [0.1, 0.15) is 0 Å². The van der Waals surface area contributed by atoms with Gasteiger partial charge in [0.1, 0.15) is 5.82 Å². The summed E-state index contributed by atoms with van der Waals surface area (Å²) in [4.78, 5) is 13.5. The average Bonchev–Trinajstić information content (AvgIpc) is 3.06. The molecule has 0 saturated heterocycles. The van der Waals surface area contributed by atoms with Gasteiger partial charge in [0.05, 0.1) is 6.20 Å². The first-order valence-corrected chi connectivity index (χ1v) is 8.73. The quantitative estimate of drug-likeness (QED) is 0.635. The topological polar surface area (TPSA) is 50.2 Å². The Hall–Kier alpha value is -2.42. The van der Waals surface area contributed by atoms with Gasteiger partial charge in [0.2, 0.25) is 5.91 Å². The molecule has 1 aliphatic heterocycles. The highest BCUT2D eigenvalue weighted by Gasteiger charge is 2.30. The van der Waals surface area contributed by atoms with Crippen LogP contribution >= 0.6 is 11.8 Å². The molecule has 0 fully saturated rings. The van der Waals surface area contributed by atoms with Gasteiger partial charge in [-0.05, 0) is 42.1 Å². The highest BCUT2D eigenvalue weighted by Crippen LogP contribution is 2.38. The van der Waals surface area contributed by atoms with Gasteiger partial charge in [-0.3, -0.25) is 4.79 Å². The smallest absolute Gasteiger partial charge is 0.352 e. The molecule has 1 amide bonds. The van der Waals surface area contributed by atoms with Crippen molar-refractivity contribution in [3.63, 3.8) is 0 Å². The number of halogens is 3. The Labute approximate surface area is 152 Å². The molecule has 0 radical (unpaired) electrons. The third kappa shape index (κ3) is 4.40. The third-order valence-corrected chi connectivity index (χ3v) is 4.71. The van der Waals surface area contributed by atoms with E-state index in [1.807, 2.05) is 15.6 Å². The number of benzene rings is 1. The average molecular weight is 382 g/mol. The number of alkyl halides is 3. The number of anilines is 2. The van der Waals surface area contributed by atoms with Crippen molar-refractivity contribution in [3.8, 4) is 0 Å². The standard InChI is InChI=1S/C17H17F3N4OS/c1-2-15(25)21-9-12-10-23(16-7-8-22-24(16)11-12)13-3-5-14(6-4-13)26-17(18,19)20/h2-8,12H,1,9-11H2,(H,21,25)/t12-/m1/s1. The normalized spacial score (nSPS) is 16.9. The first-order valence-electron chi connectivity index (χ1n) is 7.91. The Balaban J connectivity index is 1.77. The molecule has 1 aromatic carbocycles. The van der Waals surface area contributed by atoms with E-state index in [1.165, 1.54) is 18.2 Å². The van der Waals surface area contributed by atoms with E-state index >= 15 is 0 Å². The van der Waals surface area contributed by atoms with E-state index in [1.54, 1.807) is 18.3 Å². The number of aromatic nitrogens is 2. The minimum Gasteiger partial charge on any atom is -0.352 e. The Morgan fingerprint density at radius 2 is 2.04 bits per heavy atom. The molecule has 2 heterocycles. The fourth-order valence-corrected chi connectivity index (χ4v) is 3.40. The van der Waals surface area contributed by atoms with E-state index in [-0.39, 0.29) is 28.5 Å². The summed E-state index contributed by atoms with van der Waals surface area (Å²) in [6.45, 7) is 5.16. The molecule has 138 valence electrons. The second-order valence-electron chi connectivity index (χ2n) is 5.84. The van der Waals surface area contributed by atoms with Crippen molar-refractivity contribution < 1.29 is 18.0 Å². The maximum atomic E-state index is 12.5. The van der Waals surface area contributed by atoms with Crippen LogP contribution in [0, 0.1) is 5.92 Å². The molecule has 2 aromatic rings. The summed E-state index contributed by atoms with van der Waals surface area (Å²) in [7, 11) is 0. The first kappa shape index (κ1) is 18.4. The lowest BCUT2D eigenvalue weighted by Gasteiger charge is -2.35. The maximum absolute atomic E-state index is 12.5. The van der Waals surface area contributed by atoms with Crippen molar-refractivity contribution in [1.29, 1.82) is 0 Å². The highest BCUT2D eigenvalue weighted by atomic mass is 32.2. The van der Waals surface area contributed by atoms with Crippen LogP contribution in [0.2, 0.25) is 0 Å². The number of nitrogens with zero attached hydrogens (tertiary/aromatic N) is 3. The van der Waals surface area contributed by atoms with Crippen LogP contribution in [-0.2, 0) is 11.3 Å². The Bertz CT molecular complexity index is 788. The molecule has 1 atom stereocenters. The number of hydrogen-bond acceptors (Lipinski definition) is 4. The van der Waals surface area contributed by atoms with Gasteiger partial charge < -0.3 is 10.2 Å². The fourth-order valence-electron chi connectivity index (χ4n) is 2.86. The lowest BCUT2D eigenvalue weighted by molar-refractivity contribution is -0.116. The number of carbonyl (C=O) groups excluding carboxylic acids is 1. The lowest BCUT2D eigenvalue weighted by atomic mass is 10.1. The molecular formula is C17H17F3N4OS. The lowest BCUT2D eigenvalue weighted by Crippen LogP contribution is -2.41. The highest BCUT2D eigenvalue weighted by molar-refractivity contribution is 8.00. The Morgan fingerprint density at radius 1 is 1.31 bits per heavy atom. The summed E-state index contributed by atoms with van der Waals surface area (Å²) >= 11 is -0.135. The molecule has 26 heavy (non-hydrogen) atoms. The van der Waals surface area contributed by atoms with Crippen LogP contribution in [0.15, 0.2) is 54.1 Å². The third-order valence-electron chi connectivity index (χ3n) is 3.97. The fraction of sp³-hybridized carbons (Fsp3) is 0.294. The molecule has 3 rings (SSSR count). The van der Waals surface area contributed by atoms with E-state index in [2.05, 4.69) is 17.0 Å². The van der Waals surface area contributed by atoms with Gasteiger partial charge in [-0.25, -0.2) is 4.68 Å². The number of rotatable bonds is 5. The van der Waals surface area contributed by atoms with Gasteiger partial charge in [-0.15, -0.1) is 0 Å². The van der Waals surface area contributed by atoms with Gasteiger partial charge in [0, 0.05) is 42.2 Å². The summed E-state index contributed by atoms with van der Waals surface area (Å²) in [5, 5.41) is 7.06. The van der Waals surface area contributed by atoms with Crippen molar-refractivity contribution in [2.45, 2.75) is 16.9 Å². The van der Waals surface area contributed by atoms with Crippen molar-refractivity contribution in [2.24, 2.45) is 5.92 Å². The monoisotopic (exact) mass is 382 g/mol. The predicted molar refractivity (Wildman–Crippen MR) is 94.3 cm³/mol. The van der Waals surface area contributed by atoms with Gasteiger partial charge in [0.15, 0.2) is 0 Å². The summed E-state index contributed by atoms with van der Waals surface area (Å²) in [5.74, 6) is 0.736. The van der Waals surface area contributed by atoms with Crippen LogP contribution in [0.3, 0.4) is 0 Å². The van der Waals surface area contributed by atoms with Crippen molar-refractivity contribution >= 4 is 29.2 Å². The first-order chi connectivity index (χ1) is 12.4. The zero-order valence-electron chi connectivity index (χ0n) is 13.7. The molecular weight excluding hydrogens is 365 g/mol. The summed E-state index contributed by atoms with van der Waals surface area (Å²) < 4.78 is 39.3. The number of nitrogens with one attached hydrogen (secondary N) is 1. The Morgan fingerprint density at radius 3 is 2.69 bits per heavy atom. The molecule has 0 aliphatic carbocycles. The summed E-state index contributed by atoms with van der Waals surface area (Å²) in [6, 6.07) is 8.09. The Kier molecular flexibility index (Phi) is 5.26. The zero-order valence-corrected chi connectivity index (χ0v) is 14.6. The van der Waals surface area contributed by atoms with E-state index < -0.39 is 5.51 Å². The van der Waals surface area contributed by atoms with Gasteiger partial charge in [-0.1, -0.05) is 6.58 Å². The maximum Gasteiger partial charge on any atom is 0.446 e. The van der Waals surface area contributed by atoms with E-state index in [0.717, 1.165) is 11.5 Å². The van der Waals surface area contributed by atoms with Gasteiger partial charge in [0.25, 0.3) is 0 Å². The van der Waals surface area contributed by atoms with E-state index in [4.69, 9.17) is 0 Å². The van der Waals surface area contributed by atoms with Crippen molar-refractivity contribution in [2.75, 3.05) is 18.0 Å². The van der Waals surface area contributed by atoms with Crippen LogP contribution in [0.4, 0.5) is 24.7 Å². The molecule has 9 heteroatoms. The molecule has 0 spiro atoms. The number of fused-ring (bicyclic) bond motifs is 1. The van der Waals surface area contributed by atoms with Crippen molar-refractivity contribution in [3.05, 3.63) is 49.2 Å².